The SMILES string of the molecule is COc1ccc(OCC(O)c2ccccc2F)cc1. The molecule has 0 heterocycles. The van der Waals surface area contributed by atoms with Crippen LogP contribution in [0.4, 0.5) is 4.39 Å². The van der Waals surface area contributed by atoms with Crippen LogP contribution in [-0.2, 0) is 0 Å². The van der Waals surface area contributed by atoms with Gasteiger partial charge in [0.15, 0.2) is 0 Å². The standard InChI is InChI=1S/C15H15FO3/c1-18-11-6-8-12(9-7-11)19-10-15(17)13-4-2-3-5-14(13)16/h2-9,15,17H,10H2,1H3. The number of methoxy groups -OCH3 is 1. The summed E-state index contributed by atoms with van der Waals surface area (Å²) in [6.45, 7) is -0.00668. The van der Waals surface area contributed by atoms with E-state index in [1.807, 2.05) is 0 Å². The topological polar surface area (TPSA) is 38.7 Å². The lowest BCUT2D eigenvalue weighted by molar-refractivity contribution is 0.105. The molecule has 0 radical (unpaired) electrons. The Morgan fingerprint density at radius 3 is 2.32 bits per heavy atom. The summed E-state index contributed by atoms with van der Waals surface area (Å²) < 4.78 is 23.9. The molecule has 0 saturated heterocycles. The van der Waals surface area contributed by atoms with E-state index in [4.69, 9.17) is 9.47 Å². The summed E-state index contributed by atoms with van der Waals surface area (Å²) >= 11 is 0. The van der Waals surface area contributed by atoms with Gasteiger partial charge in [-0.15, -0.1) is 0 Å². The lowest BCUT2D eigenvalue weighted by atomic mass is 10.1. The van der Waals surface area contributed by atoms with Crippen molar-refractivity contribution in [2.45, 2.75) is 6.10 Å². The molecule has 4 heteroatoms. The number of aliphatic hydroxyl groups is 1. The number of aliphatic hydroxyl groups excluding tert-OH is 1. The van der Waals surface area contributed by atoms with E-state index in [-0.39, 0.29) is 12.2 Å². The van der Waals surface area contributed by atoms with Crippen molar-refractivity contribution in [3.05, 3.63) is 59.9 Å². The second kappa shape index (κ2) is 6.20. The highest BCUT2D eigenvalue weighted by molar-refractivity contribution is 5.31. The van der Waals surface area contributed by atoms with Gasteiger partial charge in [0, 0.05) is 5.56 Å². The first-order valence-corrected chi connectivity index (χ1v) is 5.90. The largest absolute Gasteiger partial charge is 0.497 e. The molecule has 1 atom stereocenters. The third-order valence-corrected chi connectivity index (χ3v) is 2.73. The molecule has 0 amide bonds. The molecule has 0 spiro atoms. The van der Waals surface area contributed by atoms with Crippen molar-refractivity contribution in [2.24, 2.45) is 0 Å². The van der Waals surface area contributed by atoms with Crippen molar-refractivity contribution >= 4 is 0 Å². The molecule has 0 aromatic heterocycles. The van der Waals surface area contributed by atoms with Gasteiger partial charge in [0.25, 0.3) is 0 Å². The highest BCUT2D eigenvalue weighted by Crippen LogP contribution is 2.20. The van der Waals surface area contributed by atoms with Crippen LogP contribution in [0.25, 0.3) is 0 Å². The normalized spacial score (nSPS) is 11.9. The van der Waals surface area contributed by atoms with Crippen molar-refractivity contribution in [1.29, 1.82) is 0 Å². The van der Waals surface area contributed by atoms with Gasteiger partial charge in [-0.25, -0.2) is 4.39 Å². The van der Waals surface area contributed by atoms with E-state index in [2.05, 4.69) is 0 Å². The Morgan fingerprint density at radius 1 is 1.05 bits per heavy atom. The van der Waals surface area contributed by atoms with Gasteiger partial charge >= 0.3 is 0 Å². The zero-order chi connectivity index (χ0) is 13.7. The summed E-state index contributed by atoms with van der Waals surface area (Å²) in [6, 6.07) is 13.1. The zero-order valence-electron chi connectivity index (χ0n) is 10.5. The van der Waals surface area contributed by atoms with E-state index in [0.717, 1.165) is 5.75 Å². The zero-order valence-corrected chi connectivity index (χ0v) is 10.5. The smallest absolute Gasteiger partial charge is 0.129 e. The fourth-order valence-electron chi connectivity index (χ4n) is 1.68. The molecule has 2 aromatic rings. The van der Waals surface area contributed by atoms with Crippen LogP contribution in [0, 0.1) is 5.82 Å². The Bertz CT molecular complexity index is 525. The van der Waals surface area contributed by atoms with Gasteiger partial charge in [-0.05, 0) is 30.3 Å². The molecular formula is C15H15FO3. The molecule has 19 heavy (non-hydrogen) atoms. The van der Waals surface area contributed by atoms with Crippen LogP contribution in [0.15, 0.2) is 48.5 Å². The van der Waals surface area contributed by atoms with Crippen LogP contribution >= 0.6 is 0 Å². The maximum absolute atomic E-state index is 13.4. The van der Waals surface area contributed by atoms with Gasteiger partial charge in [0.05, 0.1) is 7.11 Å². The van der Waals surface area contributed by atoms with Crippen LogP contribution in [-0.4, -0.2) is 18.8 Å². The van der Waals surface area contributed by atoms with E-state index < -0.39 is 11.9 Å². The molecule has 0 aliphatic rings. The molecule has 100 valence electrons. The Labute approximate surface area is 111 Å². The third-order valence-electron chi connectivity index (χ3n) is 2.73. The maximum atomic E-state index is 13.4. The van der Waals surface area contributed by atoms with E-state index >= 15 is 0 Å². The van der Waals surface area contributed by atoms with Gasteiger partial charge in [0.2, 0.25) is 0 Å². The van der Waals surface area contributed by atoms with E-state index in [9.17, 15) is 9.50 Å². The maximum Gasteiger partial charge on any atom is 0.129 e. The predicted molar refractivity (Wildman–Crippen MR) is 69.8 cm³/mol. The highest BCUT2D eigenvalue weighted by Gasteiger charge is 2.12. The number of halogens is 1. The molecule has 3 nitrogen and oxygen atoms in total. The Hall–Kier alpha value is -2.07. The summed E-state index contributed by atoms with van der Waals surface area (Å²) in [4.78, 5) is 0. The predicted octanol–water partition coefficient (Wildman–Crippen LogP) is 2.95. The molecule has 0 fully saturated rings. The molecular weight excluding hydrogens is 247 g/mol. The van der Waals surface area contributed by atoms with Crippen LogP contribution in [0.1, 0.15) is 11.7 Å². The van der Waals surface area contributed by atoms with Crippen molar-refractivity contribution in [3.8, 4) is 11.5 Å². The van der Waals surface area contributed by atoms with Crippen molar-refractivity contribution < 1.29 is 19.0 Å². The Balaban J connectivity index is 1.96. The Kier molecular flexibility index (Phi) is 4.36. The summed E-state index contributed by atoms with van der Waals surface area (Å²) in [5.74, 6) is 0.881. The van der Waals surface area contributed by atoms with Gasteiger partial charge in [-0.3, -0.25) is 0 Å². The van der Waals surface area contributed by atoms with Gasteiger partial charge in [0.1, 0.15) is 30.0 Å². The van der Waals surface area contributed by atoms with E-state index in [1.165, 1.54) is 12.1 Å². The second-order valence-electron chi connectivity index (χ2n) is 4.02. The van der Waals surface area contributed by atoms with Crippen LogP contribution in [0.5, 0.6) is 11.5 Å². The molecule has 0 bridgehead atoms. The second-order valence-corrected chi connectivity index (χ2v) is 4.02. The number of ether oxygens (including phenoxy) is 2. The minimum Gasteiger partial charge on any atom is -0.497 e. The molecule has 1 unspecified atom stereocenters. The average molecular weight is 262 g/mol. The number of hydrogen-bond donors (Lipinski definition) is 1. The summed E-state index contributed by atoms with van der Waals surface area (Å²) in [5.41, 5.74) is 0.232. The van der Waals surface area contributed by atoms with Gasteiger partial charge in [-0.1, -0.05) is 18.2 Å². The lowest BCUT2D eigenvalue weighted by Crippen LogP contribution is -2.11. The fraction of sp³-hybridized carbons (Fsp3) is 0.200. The van der Waals surface area contributed by atoms with Crippen molar-refractivity contribution in [2.75, 3.05) is 13.7 Å². The lowest BCUT2D eigenvalue weighted by Gasteiger charge is -2.13. The van der Waals surface area contributed by atoms with Crippen LogP contribution in [0.3, 0.4) is 0 Å². The third kappa shape index (κ3) is 3.45. The van der Waals surface area contributed by atoms with Crippen molar-refractivity contribution in [1.82, 2.24) is 0 Å². The van der Waals surface area contributed by atoms with E-state index in [1.54, 1.807) is 43.5 Å². The summed E-state index contributed by atoms with van der Waals surface area (Å²) in [5, 5.41) is 9.87. The molecule has 0 aliphatic carbocycles. The van der Waals surface area contributed by atoms with Crippen molar-refractivity contribution in [3.63, 3.8) is 0 Å². The monoisotopic (exact) mass is 262 g/mol. The first-order chi connectivity index (χ1) is 9.20. The highest BCUT2D eigenvalue weighted by atomic mass is 19.1. The molecule has 0 saturated carbocycles. The molecule has 0 aliphatic heterocycles. The van der Waals surface area contributed by atoms with Crippen LogP contribution < -0.4 is 9.47 Å². The van der Waals surface area contributed by atoms with Gasteiger partial charge < -0.3 is 14.6 Å². The minimum atomic E-state index is -0.997. The molecule has 2 rings (SSSR count). The summed E-state index contributed by atoms with van der Waals surface area (Å²) in [6.07, 6.45) is -0.997. The molecule has 2 aromatic carbocycles. The number of hydrogen-bond acceptors (Lipinski definition) is 3. The average Bonchev–Trinajstić information content (AvgIpc) is 2.46. The first kappa shape index (κ1) is 13.4. The minimum absolute atomic E-state index is 0.00668. The van der Waals surface area contributed by atoms with Gasteiger partial charge in [-0.2, -0.15) is 0 Å². The van der Waals surface area contributed by atoms with Crippen LogP contribution in [0.2, 0.25) is 0 Å². The quantitative estimate of drug-likeness (QED) is 0.900. The first-order valence-electron chi connectivity index (χ1n) is 5.90. The molecule has 1 N–H and O–H groups in total. The Morgan fingerprint density at radius 2 is 1.68 bits per heavy atom. The number of rotatable bonds is 5. The van der Waals surface area contributed by atoms with E-state index in [0.29, 0.717) is 5.75 Å². The summed E-state index contributed by atoms with van der Waals surface area (Å²) in [7, 11) is 1.58. The fourth-order valence-corrected chi connectivity index (χ4v) is 1.68. The number of benzene rings is 2.